The Morgan fingerprint density at radius 2 is 1.90 bits per heavy atom. The average molecular weight is 344 g/mol. The highest BCUT2D eigenvalue weighted by molar-refractivity contribution is 9.10. The predicted molar refractivity (Wildman–Crippen MR) is 76.5 cm³/mol. The Morgan fingerprint density at radius 1 is 1.30 bits per heavy atom. The molecule has 0 heterocycles. The zero-order chi connectivity index (χ0) is 15.4. The monoisotopic (exact) mass is 343 g/mol. The Hall–Kier alpha value is -1.96. The Morgan fingerprint density at radius 3 is 2.40 bits per heavy atom. The molecule has 0 radical (unpaired) electrons. The summed E-state index contributed by atoms with van der Waals surface area (Å²) >= 11 is 3.05. The number of carbonyl (C=O) groups is 2. The maximum atomic E-state index is 12.1. The van der Waals surface area contributed by atoms with Crippen molar-refractivity contribution >= 4 is 33.4 Å². The zero-order valence-corrected chi connectivity index (χ0v) is 12.9. The molecule has 0 aliphatic heterocycles. The highest BCUT2D eigenvalue weighted by Crippen LogP contribution is 2.26. The SMILES string of the molecule is CN(C)C(=O)CN(C)C(=O)c1ccc(Br)c([N+](=O)[O-])c1. The van der Waals surface area contributed by atoms with Gasteiger partial charge in [-0.25, -0.2) is 0 Å². The Kier molecular flexibility index (Phi) is 5.20. The third kappa shape index (κ3) is 3.77. The lowest BCUT2D eigenvalue weighted by Gasteiger charge is -2.19. The van der Waals surface area contributed by atoms with Crippen LogP contribution in [0.4, 0.5) is 5.69 Å². The van der Waals surface area contributed by atoms with E-state index in [0.717, 1.165) is 0 Å². The van der Waals surface area contributed by atoms with Crippen LogP contribution in [0, 0.1) is 10.1 Å². The van der Waals surface area contributed by atoms with E-state index in [4.69, 9.17) is 0 Å². The first-order valence-corrected chi connectivity index (χ1v) is 6.43. The first-order chi connectivity index (χ1) is 9.23. The van der Waals surface area contributed by atoms with E-state index in [1.54, 1.807) is 14.1 Å². The normalized spacial score (nSPS) is 10.0. The third-order valence-electron chi connectivity index (χ3n) is 2.61. The molecule has 1 rings (SSSR count). The van der Waals surface area contributed by atoms with Crippen molar-refractivity contribution in [2.75, 3.05) is 27.7 Å². The molecular weight excluding hydrogens is 330 g/mol. The summed E-state index contributed by atoms with van der Waals surface area (Å²) in [5, 5.41) is 10.8. The van der Waals surface area contributed by atoms with E-state index < -0.39 is 10.8 Å². The van der Waals surface area contributed by atoms with Crippen LogP contribution in [0.3, 0.4) is 0 Å². The first-order valence-electron chi connectivity index (χ1n) is 5.63. The molecule has 0 unspecified atom stereocenters. The second kappa shape index (κ2) is 6.47. The molecule has 7 nitrogen and oxygen atoms in total. The van der Waals surface area contributed by atoms with E-state index in [2.05, 4.69) is 15.9 Å². The van der Waals surface area contributed by atoms with Crippen molar-refractivity contribution in [2.24, 2.45) is 0 Å². The molecule has 0 atom stereocenters. The molecule has 0 aliphatic carbocycles. The highest BCUT2D eigenvalue weighted by atomic mass is 79.9. The number of carbonyl (C=O) groups excluding carboxylic acids is 2. The minimum atomic E-state index is -0.578. The fourth-order valence-corrected chi connectivity index (χ4v) is 1.81. The number of nitrogens with zero attached hydrogens (tertiary/aromatic N) is 3. The summed E-state index contributed by atoms with van der Waals surface area (Å²) in [4.78, 5) is 36.5. The maximum absolute atomic E-state index is 12.1. The van der Waals surface area contributed by atoms with Crippen LogP contribution in [0.1, 0.15) is 10.4 Å². The van der Waals surface area contributed by atoms with Crippen LogP contribution < -0.4 is 0 Å². The van der Waals surface area contributed by atoms with Gasteiger partial charge in [-0.1, -0.05) is 0 Å². The van der Waals surface area contributed by atoms with Crippen LogP contribution in [0.5, 0.6) is 0 Å². The van der Waals surface area contributed by atoms with Crippen LogP contribution in [0.15, 0.2) is 22.7 Å². The van der Waals surface area contributed by atoms with Gasteiger partial charge in [0.05, 0.1) is 15.9 Å². The zero-order valence-electron chi connectivity index (χ0n) is 11.3. The number of halogens is 1. The van der Waals surface area contributed by atoms with Crippen molar-refractivity contribution in [1.29, 1.82) is 0 Å². The number of hydrogen-bond acceptors (Lipinski definition) is 4. The Bertz CT molecular complexity index is 560. The molecule has 0 fully saturated rings. The van der Waals surface area contributed by atoms with Crippen molar-refractivity contribution in [2.45, 2.75) is 0 Å². The second-order valence-corrected chi connectivity index (χ2v) is 5.23. The van der Waals surface area contributed by atoms with Gasteiger partial charge in [-0.15, -0.1) is 0 Å². The fourth-order valence-electron chi connectivity index (χ4n) is 1.42. The molecule has 1 aromatic rings. The van der Waals surface area contributed by atoms with E-state index in [1.165, 1.54) is 35.0 Å². The lowest BCUT2D eigenvalue weighted by atomic mass is 10.2. The van der Waals surface area contributed by atoms with E-state index in [-0.39, 0.29) is 23.7 Å². The third-order valence-corrected chi connectivity index (χ3v) is 3.28. The molecule has 2 amide bonds. The number of amides is 2. The van der Waals surface area contributed by atoms with Crippen LogP contribution in [0.25, 0.3) is 0 Å². The van der Waals surface area contributed by atoms with Crippen molar-refractivity contribution in [3.8, 4) is 0 Å². The molecule has 0 saturated carbocycles. The van der Waals surface area contributed by atoms with Crippen LogP contribution in [-0.4, -0.2) is 54.2 Å². The summed E-state index contributed by atoms with van der Waals surface area (Å²) in [5.74, 6) is -0.678. The van der Waals surface area contributed by atoms with E-state index >= 15 is 0 Å². The topological polar surface area (TPSA) is 83.8 Å². The molecule has 0 aliphatic rings. The summed E-state index contributed by atoms with van der Waals surface area (Å²) in [6.45, 7) is -0.0876. The number of nitro benzene ring substituents is 1. The minimum Gasteiger partial charge on any atom is -0.347 e. The Labute approximate surface area is 124 Å². The number of likely N-dealkylation sites (N-methyl/N-ethyl adjacent to an activating group) is 2. The van der Waals surface area contributed by atoms with Crippen molar-refractivity contribution in [3.63, 3.8) is 0 Å². The molecule has 0 N–H and O–H groups in total. The molecule has 0 aromatic heterocycles. The molecule has 8 heteroatoms. The van der Waals surface area contributed by atoms with Crippen molar-refractivity contribution in [3.05, 3.63) is 38.3 Å². The molecule has 108 valence electrons. The van der Waals surface area contributed by atoms with Gasteiger partial charge in [0.25, 0.3) is 11.6 Å². The smallest absolute Gasteiger partial charge is 0.284 e. The standard InChI is InChI=1S/C12H14BrN3O4/c1-14(2)11(17)7-15(3)12(18)8-4-5-9(13)10(6-8)16(19)20/h4-6H,7H2,1-3H3. The largest absolute Gasteiger partial charge is 0.347 e. The highest BCUT2D eigenvalue weighted by Gasteiger charge is 2.20. The molecule has 0 bridgehead atoms. The number of hydrogen-bond donors (Lipinski definition) is 0. The summed E-state index contributed by atoms with van der Waals surface area (Å²) < 4.78 is 0.297. The molecule has 0 saturated heterocycles. The van der Waals surface area contributed by atoms with Crippen LogP contribution >= 0.6 is 15.9 Å². The lowest BCUT2D eigenvalue weighted by Crippen LogP contribution is -2.37. The number of benzene rings is 1. The molecule has 1 aromatic carbocycles. The number of rotatable bonds is 4. The average Bonchev–Trinajstić information content (AvgIpc) is 2.37. The summed E-state index contributed by atoms with van der Waals surface area (Å²) in [7, 11) is 4.65. The lowest BCUT2D eigenvalue weighted by molar-refractivity contribution is -0.385. The molecule has 20 heavy (non-hydrogen) atoms. The van der Waals surface area contributed by atoms with Gasteiger partial charge in [0.15, 0.2) is 0 Å². The molecular formula is C12H14BrN3O4. The van der Waals surface area contributed by atoms with Gasteiger partial charge in [-0.3, -0.25) is 19.7 Å². The van der Waals surface area contributed by atoms with Gasteiger partial charge in [0, 0.05) is 32.8 Å². The maximum Gasteiger partial charge on any atom is 0.284 e. The quantitative estimate of drug-likeness (QED) is 0.612. The minimum absolute atomic E-state index is 0.0876. The fraction of sp³-hybridized carbons (Fsp3) is 0.333. The van der Waals surface area contributed by atoms with E-state index in [9.17, 15) is 19.7 Å². The summed E-state index contributed by atoms with van der Waals surface area (Å²) in [6, 6.07) is 4.09. The van der Waals surface area contributed by atoms with Gasteiger partial charge in [0.1, 0.15) is 0 Å². The van der Waals surface area contributed by atoms with Gasteiger partial charge >= 0.3 is 0 Å². The molecule has 0 spiro atoms. The van der Waals surface area contributed by atoms with Gasteiger partial charge in [-0.2, -0.15) is 0 Å². The number of nitro groups is 1. The van der Waals surface area contributed by atoms with Gasteiger partial charge in [0.2, 0.25) is 5.91 Å². The van der Waals surface area contributed by atoms with Crippen LogP contribution in [-0.2, 0) is 4.79 Å². The first kappa shape index (κ1) is 16.1. The summed E-state index contributed by atoms with van der Waals surface area (Å²) in [6.07, 6.45) is 0. The van der Waals surface area contributed by atoms with Gasteiger partial charge < -0.3 is 9.80 Å². The Balaban J connectivity index is 2.95. The van der Waals surface area contributed by atoms with Crippen molar-refractivity contribution in [1.82, 2.24) is 9.80 Å². The van der Waals surface area contributed by atoms with Crippen molar-refractivity contribution < 1.29 is 14.5 Å². The van der Waals surface area contributed by atoms with Gasteiger partial charge in [-0.05, 0) is 28.1 Å². The predicted octanol–water partition coefficient (Wildman–Crippen LogP) is 1.52. The van der Waals surface area contributed by atoms with E-state index in [0.29, 0.717) is 4.47 Å². The van der Waals surface area contributed by atoms with Crippen LogP contribution in [0.2, 0.25) is 0 Å². The summed E-state index contributed by atoms with van der Waals surface area (Å²) in [5.41, 5.74) is -0.0304. The second-order valence-electron chi connectivity index (χ2n) is 4.37. The van der Waals surface area contributed by atoms with E-state index in [1.807, 2.05) is 0 Å².